The maximum absolute atomic E-state index is 13.7. The number of nitro benzene ring substituents is 1. The van der Waals surface area contributed by atoms with Crippen LogP contribution in [-0.2, 0) is 9.53 Å². The minimum Gasteiger partial charge on any atom is -0.497 e. The molecule has 0 aliphatic rings. The van der Waals surface area contributed by atoms with E-state index in [2.05, 4.69) is 17.6 Å². The van der Waals surface area contributed by atoms with Crippen molar-refractivity contribution < 1.29 is 28.8 Å². The number of nitro groups is 1. The van der Waals surface area contributed by atoms with E-state index in [1.54, 1.807) is 12.1 Å². The van der Waals surface area contributed by atoms with Crippen LogP contribution in [0.4, 0.5) is 17.1 Å². The zero-order valence-corrected chi connectivity index (χ0v) is 28.1. The highest BCUT2D eigenvalue weighted by molar-refractivity contribution is 6.34. The first-order valence-electron chi connectivity index (χ1n) is 16.2. The third-order valence-corrected chi connectivity index (χ3v) is 8.12. The number of hydrogen-bond donors (Lipinski definition) is 3. The van der Waals surface area contributed by atoms with Crippen molar-refractivity contribution >= 4 is 52.5 Å². The first-order chi connectivity index (χ1) is 23.2. The number of amides is 1. The molecule has 3 aromatic carbocycles. The molecule has 1 atom stereocenters. The molecular weight excluding hydrogens is 636 g/mol. The molecule has 0 bridgehead atoms. The Balaban J connectivity index is 1.70. The number of anilines is 2. The first kappa shape index (κ1) is 37.7. The van der Waals surface area contributed by atoms with Crippen molar-refractivity contribution in [3.8, 4) is 5.75 Å². The van der Waals surface area contributed by atoms with Crippen LogP contribution < -0.4 is 15.4 Å². The van der Waals surface area contributed by atoms with Crippen LogP contribution >= 0.6 is 11.6 Å². The molecular formula is C36H43ClN4O7. The molecule has 11 nitrogen and oxygen atoms in total. The molecule has 48 heavy (non-hydrogen) atoms. The number of unbranched alkanes of at least 4 members (excludes halogenated alkanes) is 9. The number of halogens is 1. The quantitative estimate of drug-likeness (QED) is 0.0192. The summed E-state index contributed by atoms with van der Waals surface area (Å²) in [6.45, 7) is 2.47. The maximum atomic E-state index is 13.7. The van der Waals surface area contributed by atoms with E-state index in [9.17, 15) is 24.5 Å². The highest BCUT2D eigenvalue weighted by Gasteiger charge is 2.30. The number of carbonyl (C=O) groups excluding carboxylic acids is 3. The van der Waals surface area contributed by atoms with E-state index >= 15 is 0 Å². The van der Waals surface area contributed by atoms with Gasteiger partial charge >= 0.3 is 5.97 Å². The molecule has 3 rings (SSSR count). The third kappa shape index (κ3) is 11.5. The molecule has 0 saturated carbocycles. The van der Waals surface area contributed by atoms with Crippen LogP contribution in [0, 0.1) is 15.5 Å². The fourth-order valence-corrected chi connectivity index (χ4v) is 5.19. The highest BCUT2D eigenvalue weighted by atomic mass is 35.5. The lowest BCUT2D eigenvalue weighted by molar-refractivity contribution is -0.384. The van der Waals surface area contributed by atoms with Gasteiger partial charge in [-0.05, 0) is 55.0 Å². The van der Waals surface area contributed by atoms with E-state index in [1.807, 2.05) is 0 Å². The average Bonchev–Trinajstić information content (AvgIpc) is 3.09. The van der Waals surface area contributed by atoms with E-state index in [0.717, 1.165) is 31.5 Å². The Morgan fingerprint density at radius 3 is 2.10 bits per heavy atom. The van der Waals surface area contributed by atoms with Gasteiger partial charge in [-0.3, -0.25) is 19.7 Å². The van der Waals surface area contributed by atoms with Crippen LogP contribution in [0.25, 0.3) is 0 Å². The Morgan fingerprint density at radius 1 is 0.875 bits per heavy atom. The second-order valence-corrected chi connectivity index (χ2v) is 11.8. The van der Waals surface area contributed by atoms with Gasteiger partial charge < -0.3 is 25.5 Å². The van der Waals surface area contributed by atoms with E-state index < -0.39 is 28.6 Å². The summed E-state index contributed by atoms with van der Waals surface area (Å²) in [4.78, 5) is 51.0. The van der Waals surface area contributed by atoms with Gasteiger partial charge in [-0.1, -0.05) is 76.3 Å². The molecule has 12 heteroatoms. The molecule has 0 aliphatic carbocycles. The zero-order chi connectivity index (χ0) is 34.9. The Hall–Kier alpha value is -4.77. The van der Waals surface area contributed by atoms with Crippen molar-refractivity contribution in [2.45, 2.75) is 77.2 Å². The standard InChI is InChI=1S/C36H43ClN4O7/c1-3-4-5-6-7-8-9-10-11-12-21-48-36(44)26-16-20-30(37)32(22-26)40-35(43)33(34(42)25-14-18-29(47-2)19-15-25)39-31-23-28(41(45)46)17-13-27(31)24-38/h13-20,22-24,33,38-39H,3-12,21H2,1-2H3,(H,40,43). The minimum atomic E-state index is -1.61. The maximum Gasteiger partial charge on any atom is 0.338 e. The lowest BCUT2D eigenvalue weighted by atomic mass is 10.0. The fourth-order valence-electron chi connectivity index (χ4n) is 5.03. The second kappa shape index (κ2) is 19.8. The summed E-state index contributed by atoms with van der Waals surface area (Å²) in [5.41, 5.74) is 0.322. The van der Waals surface area contributed by atoms with Crippen molar-refractivity contribution in [3.05, 3.63) is 92.5 Å². The number of hydrogen-bond acceptors (Lipinski definition) is 9. The van der Waals surface area contributed by atoms with Crippen LogP contribution in [0.1, 0.15) is 97.4 Å². The molecule has 0 aliphatic heterocycles. The van der Waals surface area contributed by atoms with Crippen LogP contribution in [0.15, 0.2) is 60.7 Å². The molecule has 0 aromatic heterocycles. The van der Waals surface area contributed by atoms with Gasteiger partial charge in [0.25, 0.3) is 11.6 Å². The van der Waals surface area contributed by atoms with Crippen molar-refractivity contribution in [2.75, 3.05) is 24.4 Å². The lowest BCUT2D eigenvalue weighted by Gasteiger charge is -2.20. The number of esters is 1. The summed E-state index contributed by atoms with van der Waals surface area (Å²) < 4.78 is 10.6. The predicted octanol–water partition coefficient (Wildman–Crippen LogP) is 8.63. The molecule has 1 unspecified atom stereocenters. The molecule has 1 amide bonds. The van der Waals surface area contributed by atoms with Crippen LogP contribution in [-0.4, -0.2) is 48.6 Å². The van der Waals surface area contributed by atoms with Crippen LogP contribution in [0.5, 0.6) is 5.75 Å². The molecule has 0 spiro atoms. The Kier molecular flexibility index (Phi) is 15.5. The number of Topliss-reactive ketones (excluding diaryl/α,β-unsaturated/α-hetero) is 1. The van der Waals surface area contributed by atoms with E-state index in [1.165, 1.54) is 94.5 Å². The lowest BCUT2D eigenvalue weighted by Crippen LogP contribution is -2.41. The van der Waals surface area contributed by atoms with Gasteiger partial charge in [0.1, 0.15) is 5.75 Å². The monoisotopic (exact) mass is 678 g/mol. The van der Waals surface area contributed by atoms with Crippen molar-refractivity contribution in [1.29, 1.82) is 5.41 Å². The molecule has 3 N–H and O–H groups in total. The highest BCUT2D eigenvalue weighted by Crippen LogP contribution is 2.27. The fraction of sp³-hybridized carbons (Fsp3) is 0.389. The SMILES string of the molecule is CCCCCCCCCCCCOC(=O)c1ccc(Cl)c(NC(=O)C(Nc2cc([N+](=O)[O-])ccc2C=N)C(=O)c2ccc(OC)cc2)c1. The minimum absolute atomic E-state index is 0.0246. The molecule has 0 saturated heterocycles. The Labute approximate surface area is 286 Å². The van der Waals surface area contributed by atoms with Crippen molar-refractivity contribution in [3.63, 3.8) is 0 Å². The largest absolute Gasteiger partial charge is 0.497 e. The zero-order valence-electron chi connectivity index (χ0n) is 27.4. The molecule has 3 aromatic rings. The Bertz CT molecular complexity index is 1560. The molecule has 256 valence electrons. The second-order valence-electron chi connectivity index (χ2n) is 11.3. The van der Waals surface area contributed by atoms with Gasteiger partial charge in [-0.2, -0.15) is 0 Å². The normalized spacial score (nSPS) is 11.3. The average molecular weight is 679 g/mol. The number of ketones is 1. The molecule has 0 fully saturated rings. The summed E-state index contributed by atoms with van der Waals surface area (Å²) in [5, 5.41) is 24.7. The number of non-ortho nitro benzene ring substituents is 1. The number of benzene rings is 3. The third-order valence-electron chi connectivity index (χ3n) is 7.79. The van der Waals surface area contributed by atoms with E-state index in [0.29, 0.717) is 5.75 Å². The van der Waals surface area contributed by atoms with Crippen molar-refractivity contribution in [1.82, 2.24) is 0 Å². The van der Waals surface area contributed by atoms with Crippen LogP contribution in [0.3, 0.4) is 0 Å². The number of methoxy groups -OCH3 is 1. The Morgan fingerprint density at radius 2 is 1.50 bits per heavy atom. The van der Waals surface area contributed by atoms with Gasteiger partial charge in [0.15, 0.2) is 11.8 Å². The topological polar surface area (TPSA) is 161 Å². The smallest absolute Gasteiger partial charge is 0.338 e. The summed E-state index contributed by atoms with van der Waals surface area (Å²) in [5.74, 6) is -1.60. The number of nitrogens with zero attached hydrogens (tertiary/aromatic N) is 1. The summed E-state index contributed by atoms with van der Waals surface area (Å²) >= 11 is 6.37. The van der Waals surface area contributed by atoms with Gasteiger partial charge in [-0.25, -0.2) is 4.79 Å². The summed E-state index contributed by atoms with van der Waals surface area (Å²) in [6, 6.07) is 12.4. The number of nitrogens with one attached hydrogen (secondary N) is 3. The van der Waals surface area contributed by atoms with E-state index in [4.69, 9.17) is 26.5 Å². The van der Waals surface area contributed by atoms with Gasteiger partial charge in [0.05, 0.1) is 40.6 Å². The van der Waals surface area contributed by atoms with E-state index in [-0.39, 0.29) is 45.4 Å². The van der Waals surface area contributed by atoms with Gasteiger partial charge in [-0.15, -0.1) is 0 Å². The first-order valence-corrected chi connectivity index (χ1v) is 16.6. The van der Waals surface area contributed by atoms with Gasteiger partial charge in [0, 0.05) is 29.5 Å². The summed E-state index contributed by atoms with van der Waals surface area (Å²) in [7, 11) is 1.47. The number of carbonyl (C=O) groups is 3. The van der Waals surface area contributed by atoms with Crippen LogP contribution in [0.2, 0.25) is 5.02 Å². The van der Waals surface area contributed by atoms with Gasteiger partial charge in [0.2, 0.25) is 0 Å². The molecule has 0 heterocycles. The molecule has 0 radical (unpaired) electrons. The number of rotatable bonds is 21. The van der Waals surface area contributed by atoms with Crippen molar-refractivity contribution in [2.24, 2.45) is 0 Å². The predicted molar refractivity (Wildman–Crippen MR) is 188 cm³/mol. The number of ether oxygens (including phenoxy) is 2. The summed E-state index contributed by atoms with van der Waals surface area (Å²) in [6.07, 6.45) is 12.5.